The van der Waals surface area contributed by atoms with Gasteiger partial charge < -0.3 is 9.88 Å². The van der Waals surface area contributed by atoms with Gasteiger partial charge in [-0.25, -0.2) is 9.97 Å². The van der Waals surface area contributed by atoms with Gasteiger partial charge in [0.1, 0.15) is 0 Å². The molecule has 0 saturated heterocycles. The lowest BCUT2D eigenvalue weighted by molar-refractivity contribution is -0.129. The van der Waals surface area contributed by atoms with Gasteiger partial charge in [0.25, 0.3) is 16.9 Å². The van der Waals surface area contributed by atoms with Crippen LogP contribution in [0.4, 0.5) is 0 Å². The number of thioether (sulfide) groups is 1. The van der Waals surface area contributed by atoms with Gasteiger partial charge in [0, 0.05) is 23.9 Å². The molecule has 1 aliphatic rings. The molecule has 0 fully saturated rings. The first-order chi connectivity index (χ1) is 12.5. The number of hydrogen-bond donors (Lipinski definition) is 2. The van der Waals surface area contributed by atoms with Gasteiger partial charge in [0.15, 0.2) is 5.16 Å². The Morgan fingerprint density at radius 3 is 3.04 bits per heavy atom. The molecule has 10 nitrogen and oxygen atoms in total. The number of nitrogens with one attached hydrogen (secondary N) is 2. The molecule has 0 bridgehead atoms. The van der Waals surface area contributed by atoms with Crippen LogP contribution in [-0.2, 0) is 17.8 Å². The monoisotopic (exact) mass is 373 g/mol. The van der Waals surface area contributed by atoms with Crippen LogP contribution >= 0.6 is 11.8 Å². The van der Waals surface area contributed by atoms with Crippen molar-refractivity contribution in [3.8, 4) is 0 Å². The second kappa shape index (κ2) is 6.41. The van der Waals surface area contributed by atoms with Gasteiger partial charge in [0.05, 0.1) is 24.3 Å². The maximum Gasteiger partial charge on any atom is 0.274 e. The Balaban J connectivity index is 1.45. The Morgan fingerprint density at radius 1 is 1.35 bits per heavy atom. The van der Waals surface area contributed by atoms with Gasteiger partial charge in [-0.3, -0.25) is 19.5 Å². The zero-order chi connectivity index (χ0) is 18.3. The number of carbonyl (C=O) groups excluding carboxylic acids is 1. The van der Waals surface area contributed by atoms with E-state index >= 15 is 0 Å². The number of aromatic nitrogens is 6. The third kappa shape index (κ3) is 3.01. The van der Waals surface area contributed by atoms with Gasteiger partial charge in [-0.2, -0.15) is 9.50 Å². The normalized spacial score (nSPS) is 13.8. The van der Waals surface area contributed by atoms with Crippen molar-refractivity contribution in [2.75, 3.05) is 12.3 Å². The van der Waals surface area contributed by atoms with E-state index in [-0.39, 0.29) is 28.6 Å². The first kappa shape index (κ1) is 16.5. The van der Waals surface area contributed by atoms with Crippen LogP contribution in [0.1, 0.15) is 17.0 Å². The lowest BCUT2D eigenvalue weighted by atomic mass is 10.1. The molecular weight excluding hydrogens is 358 g/mol. The van der Waals surface area contributed by atoms with Crippen LogP contribution in [0.2, 0.25) is 0 Å². The summed E-state index contributed by atoms with van der Waals surface area (Å²) in [7, 11) is 0. The summed E-state index contributed by atoms with van der Waals surface area (Å²) in [5.41, 5.74) is 1.47. The zero-order valence-corrected chi connectivity index (χ0v) is 14.7. The number of carbonyl (C=O) groups is 1. The minimum absolute atomic E-state index is 0.0836. The highest BCUT2D eigenvalue weighted by atomic mass is 32.2. The van der Waals surface area contributed by atoms with Gasteiger partial charge in [-0.15, -0.1) is 0 Å². The van der Waals surface area contributed by atoms with E-state index < -0.39 is 0 Å². The number of fused-ring (bicyclic) bond motifs is 2. The fourth-order valence-electron chi connectivity index (χ4n) is 2.84. The SMILES string of the molecule is Cc1cc(=O)n2[nH]c(SCC(=O)N3CCc4c(nc[nH]c4=O)C3)nc2n1. The zero-order valence-electron chi connectivity index (χ0n) is 13.9. The molecule has 1 aliphatic heterocycles. The molecule has 0 saturated carbocycles. The summed E-state index contributed by atoms with van der Waals surface area (Å²) in [5, 5.41) is 3.28. The summed E-state index contributed by atoms with van der Waals surface area (Å²) in [4.78, 5) is 52.9. The van der Waals surface area contributed by atoms with Crippen LogP contribution in [0.5, 0.6) is 0 Å². The molecule has 2 N–H and O–H groups in total. The van der Waals surface area contributed by atoms with Gasteiger partial charge in [-0.1, -0.05) is 11.8 Å². The molecule has 11 heteroatoms. The number of amides is 1. The van der Waals surface area contributed by atoms with Crippen LogP contribution in [-0.4, -0.2) is 52.7 Å². The highest BCUT2D eigenvalue weighted by molar-refractivity contribution is 7.99. The minimum atomic E-state index is -0.248. The first-order valence-corrected chi connectivity index (χ1v) is 8.92. The highest BCUT2D eigenvalue weighted by Crippen LogP contribution is 2.17. The van der Waals surface area contributed by atoms with Crippen molar-refractivity contribution in [3.05, 3.63) is 50.1 Å². The van der Waals surface area contributed by atoms with Crippen molar-refractivity contribution in [2.45, 2.75) is 25.0 Å². The molecule has 0 unspecified atom stereocenters. The van der Waals surface area contributed by atoms with Crippen molar-refractivity contribution in [1.29, 1.82) is 0 Å². The van der Waals surface area contributed by atoms with Crippen molar-refractivity contribution >= 4 is 23.4 Å². The second-order valence-electron chi connectivity index (χ2n) is 5.91. The van der Waals surface area contributed by atoms with Crippen LogP contribution in [0.3, 0.4) is 0 Å². The van der Waals surface area contributed by atoms with Crippen LogP contribution in [0.15, 0.2) is 27.1 Å². The predicted octanol–water partition coefficient (Wildman–Crippen LogP) is -0.514. The molecule has 26 heavy (non-hydrogen) atoms. The minimum Gasteiger partial charge on any atom is -0.336 e. The Bertz CT molecular complexity index is 1120. The Hall–Kier alpha value is -2.95. The molecule has 0 radical (unpaired) electrons. The van der Waals surface area contributed by atoms with Crippen LogP contribution < -0.4 is 11.1 Å². The van der Waals surface area contributed by atoms with Crippen LogP contribution in [0, 0.1) is 6.92 Å². The van der Waals surface area contributed by atoms with Crippen molar-refractivity contribution in [2.24, 2.45) is 0 Å². The third-order valence-electron chi connectivity index (χ3n) is 4.13. The van der Waals surface area contributed by atoms with E-state index in [0.29, 0.717) is 41.6 Å². The molecule has 4 rings (SSSR count). The fourth-order valence-corrected chi connectivity index (χ4v) is 3.58. The van der Waals surface area contributed by atoms with E-state index in [2.05, 4.69) is 25.0 Å². The second-order valence-corrected chi connectivity index (χ2v) is 6.87. The average Bonchev–Trinajstić information content (AvgIpc) is 3.03. The van der Waals surface area contributed by atoms with E-state index in [4.69, 9.17) is 0 Å². The van der Waals surface area contributed by atoms with E-state index in [0.717, 1.165) is 0 Å². The highest BCUT2D eigenvalue weighted by Gasteiger charge is 2.23. The molecule has 0 spiro atoms. The Morgan fingerprint density at radius 2 is 2.19 bits per heavy atom. The third-order valence-corrected chi connectivity index (χ3v) is 4.98. The number of hydrogen-bond acceptors (Lipinski definition) is 7. The number of rotatable bonds is 3. The molecular formula is C15H15N7O3S. The topological polar surface area (TPSA) is 129 Å². The number of nitrogens with zero attached hydrogens (tertiary/aromatic N) is 5. The molecule has 3 aromatic heterocycles. The summed E-state index contributed by atoms with van der Waals surface area (Å²) in [5.74, 6) is 0.353. The van der Waals surface area contributed by atoms with Gasteiger partial charge in [-0.05, 0) is 13.3 Å². The number of aryl methyl sites for hydroxylation is 1. The summed E-state index contributed by atoms with van der Waals surface area (Å²) in [6.45, 7) is 2.51. The van der Waals surface area contributed by atoms with E-state index in [1.165, 1.54) is 28.7 Å². The maximum atomic E-state index is 12.5. The molecule has 4 heterocycles. The van der Waals surface area contributed by atoms with E-state index in [9.17, 15) is 14.4 Å². The maximum absolute atomic E-state index is 12.5. The Labute approximate surface area is 150 Å². The summed E-state index contributed by atoms with van der Waals surface area (Å²) in [6.07, 6.45) is 1.84. The molecule has 0 aromatic carbocycles. The number of H-pyrrole nitrogens is 2. The summed E-state index contributed by atoms with van der Waals surface area (Å²) < 4.78 is 1.24. The van der Waals surface area contributed by atoms with E-state index in [1.807, 2.05) is 0 Å². The molecule has 0 atom stereocenters. The largest absolute Gasteiger partial charge is 0.336 e. The lowest BCUT2D eigenvalue weighted by Gasteiger charge is -2.27. The molecule has 3 aromatic rings. The molecule has 1 amide bonds. The average molecular weight is 373 g/mol. The molecule has 134 valence electrons. The lowest BCUT2D eigenvalue weighted by Crippen LogP contribution is -2.39. The fraction of sp³-hybridized carbons (Fsp3) is 0.333. The smallest absolute Gasteiger partial charge is 0.274 e. The van der Waals surface area contributed by atoms with Gasteiger partial charge in [0.2, 0.25) is 5.91 Å². The van der Waals surface area contributed by atoms with E-state index in [1.54, 1.807) is 11.8 Å². The summed E-state index contributed by atoms with van der Waals surface area (Å²) >= 11 is 1.20. The van der Waals surface area contributed by atoms with Crippen molar-refractivity contribution < 1.29 is 4.79 Å². The predicted molar refractivity (Wildman–Crippen MR) is 93.0 cm³/mol. The first-order valence-electron chi connectivity index (χ1n) is 7.93. The van der Waals surface area contributed by atoms with Gasteiger partial charge >= 0.3 is 0 Å². The standard InChI is InChI=1S/C15H15N7O3S/c1-8-4-11(23)22-14(18-8)19-15(20-22)26-6-12(24)21-3-2-9-10(5-21)16-7-17-13(9)25/h4,7H,2-3,5-6H2,1H3,(H,16,17,25)(H,18,19,20). The Kier molecular flexibility index (Phi) is 4.07. The van der Waals surface area contributed by atoms with Crippen molar-refractivity contribution in [1.82, 2.24) is 34.4 Å². The number of aromatic amines is 2. The quantitative estimate of drug-likeness (QED) is 0.591. The van der Waals surface area contributed by atoms with Crippen molar-refractivity contribution in [3.63, 3.8) is 0 Å². The molecule has 0 aliphatic carbocycles. The summed E-state index contributed by atoms with van der Waals surface area (Å²) in [6, 6.07) is 1.41. The van der Waals surface area contributed by atoms with Crippen LogP contribution in [0.25, 0.3) is 5.78 Å².